The van der Waals surface area contributed by atoms with E-state index < -0.39 is 0 Å². The molecule has 1 fully saturated rings. The zero-order valence-corrected chi connectivity index (χ0v) is 16.7. The number of aromatic nitrogens is 2. The highest BCUT2D eigenvalue weighted by Gasteiger charge is 2.24. The van der Waals surface area contributed by atoms with Crippen LogP contribution in [-0.4, -0.2) is 35.2 Å². The number of rotatable bonds is 4. The molecule has 29 heavy (non-hydrogen) atoms. The minimum absolute atomic E-state index is 0.0299. The topological polar surface area (TPSA) is 61.0 Å². The molecular weight excluding hydrogens is 367 g/mol. The van der Waals surface area contributed by atoms with Gasteiger partial charge < -0.3 is 10.2 Å². The number of hydrogen-bond acceptors (Lipinski definition) is 3. The number of piperidine rings is 1. The Morgan fingerprint density at radius 3 is 2.59 bits per heavy atom. The number of anilines is 1. The van der Waals surface area contributed by atoms with Crippen LogP contribution in [0, 0.1) is 19.7 Å². The van der Waals surface area contributed by atoms with Crippen molar-refractivity contribution < 1.29 is 9.18 Å². The molecule has 0 radical (unpaired) electrons. The van der Waals surface area contributed by atoms with Gasteiger partial charge in [-0.05, 0) is 68.7 Å². The predicted octanol–water partition coefficient (Wildman–Crippen LogP) is 4.23. The largest absolute Gasteiger partial charge is 0.353 e. The predicted molar refractivity (Wildman–Crippen MR) is 113 cm³/mol. The fraction of sp³-hybridized carbons (Fsp3) is 0.304. The van der Waals surface area contributed by atoms with Gasteiger partial charge in [-0.2, -0.15) is 5.10 Å². The summed E-state index contributed by atoms with van der Waals surface area (Å²) in [5, 5.41) is 10.6. The van der Waals surface area contributed by atoms with Crippen LogP contribution in [0.15, 0.2) is 48.5 Å². The lowest BCUT2D eigenvalue weighted by Gasteiger charge is -2.33. The lowest BCUT2D eigenvalue weighted by atomic mass is 10.0. The number of nitrogens with zero attached hydrogens (tertiary/aromatic N) is 2. The molecule has 0 aliphatic carbocycles. The lowest BCUT2D eigenvalue weighted by Crippen LogP contribution is -2.48. The number of carbonyl (C=O) groups excluding carboxylic acids is 1. The maximum Gasteiger partial charge on any atom is 0.251 e. The van der Waals surface area contributed by atoms with Crippen LogP contribution < -0.4 is 10.2 Å². The Balaban J connectivity index is 1.43. The van der Waals surface area contributed by atoms with Crippen molar-refractivity contribution in [2.45, 2.75) is 32.7 Å². The molecule has 5 nitrogen and oxygen atoms in total. The zero-order chi connectivity index (χ0) is 20.4. The Bertz CT molecular complexity index is 992. The standard InChI is InChI=1S/C23H25FN4O/c1-15-10-16(2)12-18(11-15)23(29)25-20-4-3-9-28(14-20)22-13-21(26-27-22)17-5-7-19(24)8-6-17/h5-8,10-13,20H,3-4,9,14H2,1-2H3,(H,25,29)(H,26,27). The molecule has 1 unspecified atom stereocenters. The van der Waals surface area contributed by atoms with E-state index in [9.17, 15) is 9.18 Å². The lowest BCUT2D eigenvalue weighted by molar-refractivity contribution is 0.0933. The number of halogens is 1. The number of H-pyrrole nitrogens is 1. The Kier molecular flexibility index (Phi) is 5.34. The average Bonchev–Trinajstić information content (AvgIpc) is 3.18. The normalized spacial score (nSPS) is 16.7. The van der Waals surface area contributed by atoms with E-state index in [1.54, 1.807) is 12.1 Å². The van der Waals surface area contributed by atoms with E-state index in [-0.39, 0.29) is 17.8 Å². The van der Waals surface area contributed by atoms with Gasteiger partial charge in [0.05, 0.1) is 5.69 Å². The molecule has 2 N–H and O–H groups in total. The monoisotopic (exact) mass is 392 g/mol. The second kappa shape index (κ2) is 8.07. The number of aryl methyl sites for hydroxylation is 2. The molecule has 1 aromatic heterocycles. The number of carbonyl (C=O) groups is 1. The van der Waals surface area contributed by atoms with E-state index in [4.69, 9.17) is 0 Å². The quantitative estimate of drug-likeness (QED) is 0.698. The smallest absolute Gasteiger partial charge is 0.251 e. The summed E-state index contributed by atoms with van der Waals surface area (Å²) in [5.41, 5.74) is 4.62. The molecule has 0 saturated carbocycles. The zero-order valence-electron chi connectivity index (χ0n) is 16.7. The van der Waals surface area contributed by atoms with Gasteiger partial charge in [0.1, 0.15) is 5.82 Å². The van der Waals surface area contributed by atoms with Crippen LogP contribution in [0.5, 0.6) is 0 Å². The first-order valence-electron chi connectivity index (χ1n) is 9.93. The maximum absolute atomic E-state index is 13.1. The number of amides is 1. The summed E-state index contributed by atoms with van der Waals surface area (Å²) in [7, 11) is 0. The van der Waals surface area contributed by atoms with Crippen molar-refractivity contribution in [3.05, 3.63) is 71.0 Å². The van der Waals surface area contributed by atoms with Crippen molar-refractivity contribution in [2.75, 3.05) is 18.0 Å². The molecule has 4 rings (SSSR count). The second-order valence-electron chi connectivity index (χ2n) is 7.78. The SMILES string of the molecule is Cc1cc(C)cc(C(=O)NC2CCCN(c3cc(-c4ccc(F)cc4)[nH]n3)C2)c1. The van der Waals surface area contributed by atoms with Gasteiger partial charge in [-0.25, -0.2) is 4.39 Å². The van der Waals surface area contributed by atoms with Crippen molar-refractivity contribution in [1.29, 1.82) is 0 Å². The second-order valence-corrected chi connectivity index (χ2v) is 7.78. The third kappa shape index (κ3) is 4.47. The van der Waals surface area contributed by atoms with Gasteiger partial charge in [-0.3, -0.25) is 9.89 Å². The van der Waals surface area contributed by atoms with E-state index >= 15 is 0 Å². The fourth-order valence-corrected chi connectivity index (χ4v) is 3.93. The Morgan fingerprint density at radius 1 is 1.14 bits per heavy atom. The number of hydrogen-bond donors (Lipinski definition) is 2. The fourth-order valence-electron chi connectivity index (χ4n) is 3.93. The first-order chi connectivity index (χ1) is 14.0. The van der Waals surface area contributed by atoms with E-state index in [2.05, 4.69) is 26.5 Å². The number of aromatic amines is 1. The summed E-state index contributed by atoms with van der Waals surface area (Å²) in [5.74, 6) is 0.555. The van der Waals surface area contributed by atoms with Crippen LogP contribution in [0.4, 0.5) is 10.2 Å². The molecule has 150 valence electrons. The highest BCUT2D eigenvalue weighted by atomic mass is 19.1. The summed E-state index contributed by atoms with van der Waals surface area (Å²) in [4.78, 5) is 14.9. The minimum Gasteiger partial charge on any atom is -0.353 e. The van der Waals surface area contributed by atoms with Gasteiger partial charge in [0, 0.05) is 30.8 Å². The summed E-state index contributed by atoms with van der Waals surface area (Å²) in [6, 6.07) is 14.3. The van der Waals surface area contributed by atoms with Crippen molar-refractivity contribution in [3.63, 3.8) is 0 Å². The molecule has 1 saturated heterocycles. The minimum atomic E-state index is -0.257. The summed E-state index contributed by atoms with van der Waals surface area (Å²) in [6.07, 6.45) is 1.93. The molecule has 1 amide bonds. The van der Waals surface area contributed by atoms with E-state index in [0.717, 1.165) is 47.6 Å². The maximum atomic E-state index is 13.1. The van der Waals surface area contributed by atoms with E-state index in [1.807, 2.05) is 32.0 Å². The summed E-state index contributed by atoms with van der Waals surface area (Å²) >= 11 is 0. The molecule has 1 atom stereocenters. The van der Waals surface area contributed by atoms with Gasteiger partial charge >= 0.3 is 0 Å². The summed E-state index contributed by atoms with van der Waals surface area (Å²) in [6.45, 7) is 5.61. The summed E-state index contributed by atoms with van der Waals surface area (Å²) < 4.78 is 13.1. The molecule has 2 heterocycles. The highest BCUT2D eigenvalue weighted by molar-refractivity contribution is 5.94. The van der Waals surface area contributed by atoms with Crippen LogP contribution in [0.2, 0.25) is 0 Å². The van der Waals surface area contributed by atoms with E-state index in [1.165, 1.54) is 12.1 Å². The first kappa shape index (κ1) is 19.2. The van der Waals surface area contributed by atoms with Crippen molar-refractivity contribution >= 4 is 11.7 Å². The van der Waals surface area contributed by atoms with E-state index in [0.29, 0.717) is 12.1 Å². The Labute approximate surface area is 169 Å². The Hall–Kier alpha value is -3.15. The molecule has 1 aliphatic rings. The molecule has 6 heteroatoms. The van der Waals surface area contributed by atoms with Crippen LogP contribution in [0.25, 0.3) is 11.3 Å². The van der Waals surface area contributed by atoms with Gasteiger partial charge in [-0.15, -0.1) is 0 Å². The third-order valence-electron chi connectivity index (χ3n) is 5.28. The molecule has 0 spiro atoms. The van der Waals surface area contributed by atoms with Gasteiger partial charge in [0.2, 0.25) is 0 Å². The first-order valence-corrected chi connectivity index (χ1v) is 9.93. The molecule has 0 bridgehead atoms. The van der Waals surface area contributed by atoms with Crippen LogP contribution in [0.3, 0.4) is 0 Å². The number of nitrogens with one attached hydrogen (secondary N) is 2. The molecular formula is C23H25FN4O. The van der Waals surface area contributed by atoms with Crippen molar-refractivity contribution in [2.24, 2.45) is 0 Å². The molecule has 2 aromatic carbocycles. The van der Waals surface area contributed by atoms with Crippen molar-refractivity contribution in [3.8, 4) is 11.3 Å². The average molecular weight is 392 g/mol. The van der Waals surface area contributed by atoms with Gasteiger partial charge in [-0.1, -0.05) is 17.2 Å². The van der Waals surface area contributed by atoms with Gasteiger partial charge in [0.25, 0.3) is 5.91 Å². The number of benzene rings is 2. The van der Waals surface area contributed by atoms with Crippen molar-refractivity contribution in [1.82, 2.24) is 15.5 Å². The van der Waals surface area contributed by atoms with Crippen LogP contribution in [0.1, 0.15) is 34.3 Å². The third-order valence-corrected chi connectivity index (χ3v) is 5.28. The molecule has 3 aromatic rings. The van der Waals surface area contributed by atoms with Gasteiger partial charge in [0.15, 0.2) is 5.82 Å². The highest BCUT2D eigenvalue weighted by Crippen LogP contribution is 2.24. The Morgan fingerprint density at radius 2 is 1.86 bits per heavy atom. The molecule has 1 aliphatic heterocycles. The van der Waals surface area contributed by atoms with Crippen LogP contribution in [-0.2, 0) is 0 Å². The van der Waals surface area contributed by atoms with Crippen LogP contribution >= 0.6 is 0 Å².